The monoisotopic (exact) mass is 284 g/mol. The Labute approximate surface area is 114 Å². The maximum atomic E-state index is 10.8. The topological polar surface area (TPSA) is 81.4 Å². The Morgan fingerprint density at radius 3 is 3.00 bits per heavy atom. The third kappa shape index (κ3) is 4.19. The quantitative estimate of drug-likeness (QED) is 0.762. The highest BCUT2D eigenvalue weighted by atomic mass is 32.2. The van der Waals surface area contributed by atoms with Gasteiger partial charge >= 0.3 is 0 Å². The lowest BCUT2D eigenvalue weighted by atomic mass is 10.0. The summed E-state index contributed by atoms with van der Waals surface area (Å²) >= 11 is 0. The minimum absolute atomic E-state index is 0.0186. The van der Waals surface area contributed by atoms with Gasteiger partial charge in [0, 0.05) is 12.5 Å². The van der Waals surface area contributed by atoms with Gasteiger partial charge in [0.2, 0.25) is 10.0 Å². The van der Waals surface area contributed by atoms with Crippen LogP contribution < -0.4 is 15.2 Å². The van der Waals surface area contributed by atoms with Gasteiger partial charge in [-0.25, -0.2) is 13.6 Å². The predicted octanol–water partition coefficient (Wildman–Crippen LogP) is 0.951. The molecular weight excluding hydrogens is 264 g/mol. The van der Waals surface area contributed by atoms with Crippen LogP contribution in [0.4, 0.5) is 0 Å². The fourth-order valence-electron chi connectivity index (χ4n) is 2.19. The first-order chi connectivity index (χ1) is 8.96. The second-order valence-corrected chi connectivity index (χ2v) is 6.60. The molecule has 19 heavy (non-hydrogen) atoms. The van der Waals surface area contributed by atoms with Crippen molar-refractivity contribution >= 4 is 10.0 Å². The average Bonchev–Trinajstić information content (AvgIpc) is 2.80. The molecule has 106 valence electrons. The number of hydrogen-bond acceptors (Lipinski definition) is 4. The highest BCUT2D eigenvalue weighted by Crippen LogP contribution is 2.27. The van der Waals surface area contributed by atoms with Crippen LogP contribution in [0.3, 0.4) is 0 Å². The van der Waals surface area contributed by atoms with Gasteiger partial charge in [-0.05, 0) is 37.1 Å². The smallest absolute Gasteiger partial charge is 0.209 e. The third-order valence-electron chi connectivity index (χ3n) is 3.27. The Balaban J connectivity index is 1.85. The minimum Gasteiger partial charge on any atom is -0.493 e. The summed E-state index contributed by atoms with van der Waals surface area (Å²) in [4.78, 5) is 0. The fourth-order valence-corrected chi connectivity index (χ4v) is 2.73. The zero-order valence-electron chi connectivity index (χ0n) is 11.1. The van der Waals surface area contributed by atoms with E-state index in [0.29, 0.717) is 13.0 Å². The number of ether oxygens (including phenoxy) is 1. The van der Waals surface area contributed by atoms with Crippen LogP contribution >= 0.6 is 0 Å². The Hall–Kier alpha value is -1.11. The van der Waals surface area contributed by atoms with Crippen LogP contribution in [-0.4, -0.2) is 27.3 Å². The highest BCUT2D eigenvalue weighted by molar-refractivity contribution is 7.89. The van der Waals surface area contributed by atoms with E-state index in [-0.39, 0.29) is 11.8 Å². The van der Waals surface area contributed by atoms with E-state index in [4.69, 9.17) is 9.88 Å². The van der Waals surface area contributed by atoms with E-state index in [9.17, 15) is 8.42 Å². The number of nitrogens with two attached hydrogens (primary N) is 1. The van der Waals surface area contributed by atoms with Crippen LogP contribution in [-0.2, 0) is 16.4 Å². The lowest BCUT2D eigenvalue weighted by Gasteiger charge is -2.15. The minimum atomic E-state index is -3.35. The summed E-state index contributed by atoms with van der Waals surface area (Å²) in [5, 5.41) is 8.26. The number of rotatable bonds is 6. The Morgan fingerprint density at radius 2 is 2.26 bits per heavy atom. The standard InChI is InChI=1S/C13H20N2O3S/c1-10(15-6-2-8-19(14,16)17)11-3-4-13-12(9-11)5-7-18-13/h3-4,9-10,15H,2,5-8H2,1H3,(H2,14,16,17). The van der Waals surface area contributed by atoms with Gasteiger partial charge in [0.1, 0.15) is 5.75 Å². The van der Waals surface area contributed by atoms with E-state index in [2.05, 4.69) is 18.3 Å². The first-order valence-corrected chi connectivity index (χ1v) is 8.17. The van der Waals surface area contributed by atoms with Gasteiger partial charge < -0.3 is 10.1 Å². The van der Waals surface area contributed by atoms with Crippen LogP contribution in [0.25, 0.3) is 0 Å². The fraction of sp³-hybridized carbons (Fsp3) is 0.538. The molecule has 1 heterocycles. The number of nitrogens with one attached hydrogen (secondary N) is 1. The Kier molecular flexibility index (Phi) is 4.44. The second-order valence-electron chi connectivity index (χ2n) is 4.86. The lowest BCUT2D eigenvalue weighted by Crippen LogP contribution is -2.24. The summed E-state index contributed by atoms with van der Waals surface area (Å²) < 4.78 is 27.1. The molecule has 0 aliphatic carbocycles. The summed E-state index contributed by atoms with van der Waals surface area (Å²) in [6.45, 7) is 3.45. The largest absolute Gasteiger partial charge is 0.493 e. The SMILES string of the molecule is CC(NCCCS(N)(=O)=O)c1ccc2c(c1)CCO2. The van der Waals surface area contributed by atoms with Crippen molar-refractivity contribution in [2.75, 3.05) is 18.9 Å². The maximum absolute atomic E-state index is 10.8. The van der Waals surface area contributed by atoms with Gasteiger partial charge in [-0.15, -0.1) is 0 Å². The van der Waals surface area contributed by atoms with Crippen molar-refractivity contribution in [2.24, 2.45) is 5.14 Å². The first-order valence-electron chi connectivity index (χ1n) is 6.45. The molecule has 1 unspecified atom stereocenters. The van der Waals surface area contributed by atoms with E-state index in [1.54, 1.807) is 0 Å². The van der Waals surface area contributed by atoms with E-state index in [1.807, 2.05) is 12.1 Å². The third-order valence-corrected chi connectivity index (χ3v) is 4.13. The van der Waals surface area contributed by atoms with Crippen LogP contribution in [0.5, 0.6) is 5.75 Å². The van der Waals surface area contributed by atoms with Crippen LogP contribution in [0.1, 0.15) is 30.5 Å². The summed E-state index contributed by atoms with van der Waals surface area (Å²) in [5.74, 6) is 0.996. The molecule has 0 amide bonds. The van der Waals surface area contributed by atoms with Crippen LogP contribution in [0, 0.1) is 0 Å². The van der Waals surface area contributed by atoms with Gasteiger partial charge in [0.05, 0.1) is 12.4 Å². The van der Waals surface area contributed by atoms with Gasteiger partial charge in [-0.1, -0.05) is 12.1 Å². The average molecular weight is 284 g/mol. The molecule has 1 aromatic rings. The van der Waals surface area contributed by atoms with Gasteiger partial charge in [-0.2, -0.15) is 0 Å². The van der Waals surface area contributed by atoms with Crippen LogP contribution in [0.2, 0.25) is 0 Å². The van der Waals surface area contributed by atoms with Crippen molar-refractivity contribution in [3.05, 3.63) is 29.3 Å². The molecule has 0 radical (unpaired) electrons. The molecule has 1 aromatic carbocycles. The van der Waals surface area contributed by atoms with Crippen molar-refractivity contribution < 1.29 is 13.2 Å². The van der Waals surface area contributed by atoms with E-state index < -0.39 is 10.0 Å². The van der Waals surface area contributed by atoms with Crippen molar-refractivity contribution in [1.29, 1.82) is 0 Å². The summed E-state index contributed by atoms with van der Waals surface area (Å²) in [6, 6.07) is 6.38. The zero-order chi connectivity index (χ0) is 13.9. The lowest BCUT2D eigenvalue weighted by molar-refractivity contribution is 0.356. The highest BCUT2D eigenvalue weighted by Gasteiger charge is 2.14. The van der Waals surface area contributed by atoms with Gasteiger partial charge in [-0.3, -0.25) is 0 Å². The molecule has 3 N–H and O–H groups in total. The summed E-state index contributed by atoms with van der Waals surface area (Å²) in [6.07, 6.45) is 1.48. The van der Waals surface area contributed by atoms with Crippen molar-refractivity contribution in [3.63, 3.8) is 0 Å². The molecular formula is C13H20N2O3S. The summed E-state index contributed by atoms with van der Waals surface area (Å²) in [7, 11) is -3.35. The Morgan fingerprint density at radius 1 is 1.47 bits per heavy atom. The number of sulfonamides is 1. The predicted molar refractivity (Wildman–Crippen MR) is 74.6 cm³/mol. The molecule has 0 spiro atoms. The molecule has 0 saturated carbocycles. The molecule has 0 fully saturated rings. The number of benzene rings is 1. The van der Waals surface area contributed by atoms with E-state index >= 15 is 0 Å². The molecule has 0 bridgehead atoms. The van der Waals surface area contributed by atoms with Crippen molar-refractivity contribution in [1.82, 2.24) is 5.32 Å². The second kappa shape index (κ2) is 5.90. The molecule has 0 aromatic heterocycles. The van der Waals surface area contributed by atoms with Gasteiger partial charge in [0.15, 0.2) is 0 Å². The first kappa shape index (κ1) is 14.3. The molecule has 2 rings (SSSR count). The van der Waals surface area contributed by atoms with Crippen molar-refractivity contribution in [3.8, 4) is 5.75 Å². The Bertz CT molecular complexity index is 543. The molecule has 5 nitrogen and oxygen atoms in total. The van der Waals surface area contributed by atoms with E-state index in [1.165, 1.54) is 11.1 Å². The number of primary sulfonamides is 1. The summed E-state index contributed by atoms with van der Waals surface area (Å²) in [5.41, 5.74) is 2.44. The molecule has 1 aliphatic heterocycles. The van der Waals surface area contributed by atoms with Crippen molar-refractivity contribution in [2.45, 2.75) is 25.8 Å². The normalized spacial score (nSPS) is 15.9. The van der Waals surface area contributed by atoms with Crippen LogP contribution in [0.15, 0.2) is 18.2 Å². The maximum Gasteiger partial charge on any atom is 0.209 e. The molecule has 6 heteroatoms. The van der Waals surface area contributed by atoms with Gasteiger partial charge in [0.25, 0.3) is 0 Å². The molecule has 0 saturated heterocycles. The number of hydrogen-bond donors (Lipinski definition) is 2. The number of fused-ring (bicyclic) bond motifs is 1. The zero-order valence-corrected chi connectivity index (χ0v) is 11.9. The van der Waals surface area contributed by atoms with E-state index in [0.717, 1.165) is 18.8 Å². The molecule has 1 aliphatic rings. The molecule has 1 atom stereocenters.